The van der Waals surface area contributed by atoms with Crippen molar-refractivity contribution in [2.75, 3.05) is 11.9 Å². The zero-order valence-electron chi connectivity index (χ0n) is 17.2. The first-order valence-corrected chi connectivity index (χ1v) is 10.1. The molecule has 0 bridgehead atoms. The van der Waals surface area contributed by atoms with Gasteiger partial charge in [0.1, 0.15) is 5.82 Å². The van der Waals surface area contributed by atoms with Gasteiger partial charge in [0.15, 0.2) is 0 Å². The minimum atomic E-state index is -0.377. The van der Waals surface area contributed by atoms with Crippen LogP contribution in [0.2, 0.25) is 0 Å². The Morgan fingerprint density at radius 1 is 1.23 bits per heavy atom. The number of carbonyl (C=O) groups excluding carboxylic acids is 2. The summed E-state index contributed by atoms with van der Waals surface area (Å²) in [5.41, 5.74) is 7.30. The number of hydroxylamine groups is 1. The van der Waals surface area contributed by atoms with Gasteiger partial charge in [-0.2, -0.15) is 0 Å². The molecule has 7 nitrogen and oxygen atoms in total. The van der Waals surface area contributed by atoms with Gasteiger partial charge in [-0.25, -0.2) is 9.87 Å². The van der Waals surface area contributed by atoms with Gasteiger partial charge in [0.2, 0.25) is 5.91 Å². The van der Waals surface area contributed by atoms with E-state index in [-0.39, 0.29) is 17.6 Å². The second-order valence-corrected chi connectivity index (χ2v) is 7.49. The molecule has 2 aromatic rings. The average molecular weight is 414 g/mol. The Hall–Kier alpha value is -2.97. The lowest BCUT2D eigenvalue weighted by atomic mass is 10.0. The predicted octanol–water partition coefficient (Wildman–Crippen LogP) is 3.42. The summed E-state index contributed by atoms with van der Waals surface area (Å²) in [7, 11) is 0. The number of H-pyrrole nitrogens is 1. The number of benzene rings is 1. The van der Waals surface area contributed by atoms with Crippen LogP contribution in [0.15, 0.2) is 18.2 Å². The Balaban J connectivity index is 1.61. The van der Waals surface area contributed by atoms with Gasteiger partial charge in [-0.15, -0.1) is 0 Å². The largest absolute Gasteiger partial charge is 0.359 e. The normalized spacial score (nSPS) is 14.1. The molecule has 2 amide bonds. The Morgan fingerprint density at radius 2 is 2.03 bits per heavy atom. The van der Waals surface area contributed by atoms with E-state index in [1.54, 1.807) is 17.6 Å². The molecule has 1 aromatic carbocycles. The highest BCUT2D eigenvalue weighted by Gasteiger charge is 2.25. The van der Waals surface area contributed by atoms with Crippen molar-refractivity contribution < 1.29 is 19.2 Å². The standard InChI is InChI=1S/C22H27FN4O3/c1-13-18(12-24-9-5-3-4-6-21(28)27-30)14(2)25-20(13)11-17-16-10-15(23)7-8-19(16)26-22(17)29/h7-8,10-11,24-25,30H,3-6,9,12H2,1-2H3,(H,26,29)(H,27,28). The van der Waals surface area contributed by atoms with Crippen molar-refractivity contribution in [3.63, 3.8) is 0 Å². The van der Waals surface area contributed by atoms with E-state index in [0.29, 0.717) is 29.8 Å². The number of hydrogen-bond acceptors (Lipinski definition) is 4. The molecule has 0 aliphatic carbocycles. The van der Waals surface area contributed by atoms with Crippen molar-refractivity contribution in [3.05, 3.63) is 52.1 Å². The topological polar surface area (TPSA) is 106 Å². The fraction of sp³-hybridized carbons (Fsp3) is 0.364. The highest BCUT2D eigenvalue weighted by atomic mass is 19.1. The molecule has 0 fully saturated rings. The van der Waals surface area contributed by atoms with Crippen LogP contribution in [0.25, 0.3) is 11.6 Å². The monoisotopic (exact) mass is 414 g/mol. The maximum absolute atomic E-state index is 13.6. The summed E-state index contributed by atoms with van der Waals surface area (Å²) in [6, 6.07) is 4.27. The Kier molecular flexibility index (Phi) is 7.02. The summed E-state index contributed by atoms with van der Waals surface area (Å²) >= 11 is 0. The van der Waals surface area contributed by atoms with E-state index in [4.69, 9.17) is 5.21 Å². The Labute approximate surface area is 174 Å². The molecule has 160 valence electrons. The van der Waals surface area contributed by atoms with Crippen LogP contribution >= 0.6 is 0 Å². The van der Waals surface area contributed by atoms with E-state index in [9.17, 15) is 14.0 Å². The molecular formula is C22H27FN4O3. The molecule has 0 radical (unpaired) electrons. The van der Waals surface area contributed by atoms with Gasteiger partial charge in [0.05, 0.1) is 5.57 Å². The summed E-state index contributed by atoms with van der Waals surface area (Å²) < 4.78 is 13.6. The molecular weight excluding hydrogens is 387 g/mol. The van der Waals surface area contributed by atoms with E-state index in [2.05, 4.69) is 15.6 Å². The minimum absolute atomic E-state index is 0.239. The van der Waals surface area contributed by atoms with Gasteiger partial charge >= 0.3 is 0 Å². The molecule has 8 heteroatoms. The molecule has 0 spiro atoms. The average Bonchev–Trinajstić information content (AvgIpc) is 3.17. The van der Waals surface area contributed by atoms with E-state index >= 15 is 0 Å². The van der Waals surface area contributed by atoms with Crippen molar-refractivity contribution in [3.8, 4) is 0 Å². The van der Waals surface area contributed by atoms with Gasteiger partial charge in [0.25, 0.3) is 5.91 Å². The molecule has 1 aromatic heterocycles. The van der Waals surface area contributed by atoms with Gasteiger partial charge in [-0.3, -0.25) is 14.8 Å². The number of halogens is 1. The maximum Gasteiger partial charge on any atom is 0.256 e. The fourth-order valence-electron chi connectivity index (χ4n) is 3.65. The number of fused-ring (bicyclic) bond motifs is 1. The number of aromatic nitrogens is 1. The zero-order valence-corrected chi connectivity index (χ0v) is 17.2. The summed E-state index contributed by atoms with van der Waals surface area (Å²) in [4.78, 5) is 26.6. The van der Waals surface area contributed by atoms with Gasteiger partial charge < -0.3 is 15.6 Å². The van der Waals surface area contributed by atoms with Crippen LogP contribution in [0.5, 0.6) is 0 Å². The molecule has 0 atom stereocenters. The molecule has 0 saturated heterocycles. The summed E-state index contributed by atoms with van der Waals surface area (Å²) in [6.45, 7) is 5.49. The van der Waals surface area contributed by atoms with Crippen LogP contribution in [0, 0.1) is 19.7 Å². The van der Waals surface area contributed by atoms with E-state index in [1.807, 2.05) is 13.8 Å². The van der Waals surface area contributed by atoms with Gasteiger partial charge in [0, 0.05) is 35.6 Å². The maximum atomic E-state index is 13.6. The quantitative estimate of drug-likeness (QED) is 0.188. The highest BCUT2D eigenvalue weighted by Crippen LogP contribution is 2.34. The molecule has 1 aliphatic rings. The van der Waals surface area contributed by atoms with Gasteiger partial charge in [-0.05, 0) is 68.6 Å². The summed E-state index contributed by atoms with van der Waals surface area (Å²) in [5, 5.41) is 14.6. The summed E-state index contributed by atoms with van der Waals surface area (Å²) in [6.07, 6.45) is 4.66. The first kappa shape index (κ1) is 21.7. The molecule has 1 aliphatic heterocycles. The Morgan fingerprint density at radius 3 is 2.80 bits per heavy atom. The van der Waals surface area contributed by atoms with Crippen LogP contribution in [0.4, 0.5) is 10.1 Å². The van der Waals surface area contributed by atoms with Crippen LogP contribution in [-0.2, 0) is 16.1 Å². The van der Waals surface area contributed by atoms with Gasteiger partial charge in [-0.1, -0.05) is 6.42 Å². The van der Waals surface area contributed by atoms with Crippen molar-refractivity contribution >= 4 is 29.2 Å². The number of unbranched alkanes of at least 4 members (excludes halogenated alkanes) is 2. The van der Waals surface area contributed by atoms with Crippen LogP contribution in [0.3, 0.4) is 0 Å². The van der Waals surface area contributed by atoms with Crippen molar-refractivity contribution in [1.29, 1.82) is 0 Å². The lowest BCUT2D eigenvalue weighted by molar-refractivity contribution is -0.129. The van der Waals surface area contributed by atoms with Crippen LogP contribution in [0.1, 0.15) is 53.8 Å². The van der Waals surface area contributed by atoms with Crippen molar-refractivity contribution in [1.82, 2.24) is 15.8 Å². The van der Waals surface area contributed by atoms with Crippen LogP contribution in [-0.4, -0.2) is 28.6 Å². The van der Waals surface area contributed by atoms with Crippen LogP contribution < -0.4 is 16.1 Å². The third kappa shape index (κ3) is 4.95. The SMILES string of the molecule is Cc1[nH]c(C=C2C(=O)Nc3ccc(F)cc32)c(C)c1CNCCCCCC(=O)NO. The number of carbonyl (C=O) groups is 2. The molecule has 30 heavy (non-hydrogen) atoms. The molecule has 2 heterocycles. The predicted molar refractivity (Wildman–Crippen MR) is 113 cm³/mol. The number of amides is 2. The third-order valence-corrected chi connectivity index (χ3v) is 5.37. The van der Waals surface area contributed by atoms with Crippen molar-refractivity contribution in [2.24, 2.45) is 0 Å². The summed E-state index contributed by atoms with van der Waals surface area (Å²) in [5.74, 6) is -0.973. The lowest BCUT2D eigenvalue weighted by Crippen LogP contribution is -2.18. The molecule has 0 unspecified atom stereocenters. The highest BCUT2D eigenvalue weighted by molar-refractivity contribution is 6.34. The van der Waals surface area contributed by atoms with E-state index < -0.39 is 0 Å². The number of rotatable bonds is 9. The second-order valence-electron chi connectivity index (χ2n) is 7.49. The molecule has 0 saturated carbocycles. The smallest absolute Gasteiger partial charge is 0.256 e. The Bertz CT molecular complexity index is 981. The first-order valence-electron chi connectivity index (χ1n) is 10.1. The zero-order chi connectivity index (χ0) is 21.7. The third-order valence-electron chi connectivity index (χ3n) is 5.37. The lowest BCUT2D eigenvalue weighted by Gasteiger charge is -2.06. The van der Waals surface area contributed by atoms with Crippen molar-refractivity contribution in [2.45, 2.75) is 46.1 Å². The first-order chi connectivity index (χ1) is 14.4. The number of aryl methyl sites for hydroxylation is 1. The van der Waals surface area contributed by atoms with E-state index in [0.717, 1.165) is 48.3 Å². The fourth-order valence-corrected chi connectivity index (χ4v) is 3.65. The number of anilines is 1. The number of hydrogen-bond donors (Lipinski definition) is 5. The second kappa shape index (κ2) is 9.69. The molecule has 3 rings (SSSR count). The van der Waals surface area contributed by atoms with E-state index in [1.165, 1.54) is 12.1 Å². The number of nitrogens with one attached hydrogen (secondary N) is 4. The number of aromatic amines is 1. The minimum Gasteiger partial charge on any atom is -0.359 e. The molecule has 5 N–H and O–H groups in total.